The maximum Gasteiger partial charge on any atom is 0.191 e. The third-order valence-corrected chi connectivity index (χ3v) is 5.46. The standard InChI is InChI=1S/C25H38N4O3.HI/c1-6-26-25(27-17-21(29(7-2)8-3)19-12-10-9-11-13-19)28-18-22(30)20-14-15-23(31-4)24(16-20)32-5;/h9-16,21-22,30H,6-8,17-18H2,1-5H3,(H2,26,27,28);1H. The Hall–Kier alpha value is -2.04. The molecule has 0 aliphatic heterocycles. The number of ether oxygens (including phenoxy) is 2. The van der Waals surface area contributed by atoms with Crippen molar-refractivity contribution < 1.29 is 14.6 Å². The Morgan fingerprint density at radius 1 is 0.939 bits per heavy atom. The van der Waals surface area contributed by atoms with E-state index in [2.05, 4.69) is 53.6 Å². The number of nitrogens with one attached hydrogen (secondary N) is 2. The number of aliphatic imine (C=N–C) groups is 1. The largest absolute Gasteiger partial charge is 0.493 e. The normalized spacial score (nSPS) is 13.1. The van der Waals surface area contributed by atoms with E-state index in [4.69, 9.17) is 14.5 Å². The molecule has 0 aliphatic carbocycles. The highest BCUT2D eigenvalue weighted by Crippen LogP contribution is 2.29. The molecular weight excluding hydrogens is 531 g/mol. The molecule has 0 bridgehead atoms. The monoisotopic (exact) mass is 570 g/mol. The maximum absolute atomic E-state index is 10.7. The fourth-order valence-electron chi connectivity index (χ4n) is 3.66. The second-order valence-corrected chi connectivity index (χ2v) is 7.38. The van der Waals surface area contributed by atoms with Gasteiger partial charge >= 0.3 is 0 Å². The van der Waals surface area contributed by atoms with E-state index < -0.39 is 6.10 Å². The van der Waals surface area contributed by atoms with Gasteiger partial charge in [0.15, 0.2) is 17.5 Å². The molecule has 2 rings (SSSR count). The first kappa shape index (κ1) is 29.0. The molecule has 33 heavy (non-hydrogen) atoms. The van der Waals surface area contributed by atoms with Gasteiger partial charge in [-0.1, -0.05) is 50.2 Å². The van der Waals surface area contributed by atoms with Crippen LogP contribution in [0.4, 0.5) is 0 Å². The van der Waals surface area contributed by atoms with Crippen LogP contribution in [0, 0.1) is 0 Å². The molecule has 7 nitrogen and oxygen atoms in total. The second-order valence-electron chi connectivity index (χ2n) is 7.38. The number of methoxy groups -OCH3 is 2. The van der Waals surface area contributed by atoms with E-state index >= 15 is 0 Å². The molecule has 0 heterocycles. The third-order valence-electron chi connectivity index (χ3n) is 5.46. The van der Waals surface area contributed by atoms with E-state index in [0.29, 0.717) is 30.5 Å². The molecule has 0 saturated carbocycles. The zero-order valence-corrected chi connectivity index (χ0v) is 22.7. The smallest absolute Gasteiger partial charge is 0.191 e. The Morgan fingerprint density at radius 2 is 1.61 bits per heavy atom. The highest BCUT2D eigenvalue weighted by atomic mass is 127. The third kappa shape index (κ3) is 8.68. The minimum atomic E-state index is -0.716. The molecule has 0 saturated heterocycles. The quantitative estimate of drug-likeness (QED) is 0.204. The summed E-state index contributed by atoms with van der Waals surface area (Å²) in [6.07, 6.45) is -0.716. The lowest BCUT2D eigenvalue weighted by atomic mass is 10.1. The zero-order valence-electron chi connectivity index (χ0n) is 20.4. The molecule has 0 amide bonds. The summed E-state index contributed by atoms with van der Waals surface area (Å²) >= 11 is 0. The predicted molar refractivity (Wildman–Crippen MR) is 146 cm³/mol. The summed E-state index contributed by atoms with van der Waals surface area (Å²) in [6.45, 7) is 9.95. The van der Waals surface area contributed by atoms with Crippen LogP contribution in [0.1, 0.15) is 44.0 Å². The molecular formula is C25H39IN4O3. The van der Waals surface area contributed by atoms with E-state index in [0.717, 1.165) is 25.2 Å². The Bertz CT molecular complexity index is 832. The summed E-state index contributed by atoms with van der Waals surface area (Å²) in [6, 6.07) is 16.1. The van der Waals surface area contributed by atoms with Gasteiger partial charge in [0.25, 0.3) is 0 Å². The lowest BCUT2D eigenvalue weighted by molar-refractivity contribution is 0.180. The highest BCUT2D eigenvalue weighted by molar-refractivity contribution is 14.0. The number of rotatable bonds is 12. The van der Waals surface area contributed by atoms with E-state index in [1.807, 2.05) is 19.1 Å². The number of aliphatic hydroxyl groups is 1. The average molecular weight is 571 g/mol. The van der Waals surface area contributed by atoms with Crippen LogP contribution in [-0.4, -0.2) is 62.9 Å². The molecule has 0 aliphatic rings. The first-order valence-corrected chi connectivity index (χ1v) is 11.3. The summed E-state index contributed by atoms with van der Waals surface area (Å²) < 4.78 is 10.6. The average Bonchev–Trinajstić information content (AvgIpc) is 2.84. The molecule has 0 radical (unpaired) electrons. The number of hydrogen-bond acceptors (Lipinski definition) is 5. The van der Waals surface area contributed by atoms with Crippen LogP contribution in [-0.2, 0) is 0 Å². The summed E-state index contributed by atoms with van der Waals surface area (Å²) in [5.41, 5.74) is 2.00. The Balaban J connectivity index is 0.00000544. The van der Waals surface area contributed by atoms with Gasteiger partial charge in [-0.2, -0.15) is 0 Å². The van der Waals surface area contributed by atoms with Crippen molar-refractivity contribution in [2.75, 3.05) is 46.9 Å². The number of guanidine groups is 1. The van der Waals surface area contributed by atoms with Crippen LogP contribution >= 0.6 is 24.0 Å². The van der Waals surface area contributed by atoms with E-state index in [9.17, 15) is 5.11 Å². The molecule has 0 fully saturated rings. The second kappa shape index (κ2) is 15.7. The summed E-state index contributed by atoms with van der Waals surface area (Å²) in [4.78, 5) is 7.23. The molecule has 0 spiro atoms. The van der Waals surface area contributed by atoms with Gasteiger partial charge in [-0.05, 0) is 43.3 Å². The summed E-state index contributed by atoms with van der Waals surface area (Å²) in [5, 5.41) is 17.2. The first-order chi connectivity index (χ1) is 15.6. The first-order valence-electron chi connectivity index (χ1n) is 11.3. The molecule has 2 aromatic carbocycles. The molecule has 184 valence electrons. The minimum Gasteiger partial charge on any atom is -0.493 e. The van der Waals surface area contributed by atoms with Crippen molar-refractivity contribution in [1.29, 1.82) is 0 Å². The van der Waals surface area contributed by atoms with Crippen molar-refractivity contribution in [2.45, 2.75) is 32.9 Å². The van der Waals surface area contributed by atoms with Crippen molar-refractivity contribution in [3.8, 4) is 11.5 Å². The van der Waals surface area contributed by atoms with Crippen molar-refractivity contribution in [3.05, 3.63) is 59.7 Å². The van der Waals surface area contributed by atoms with Crippen LogP contribution in [0.25, 0.3) is 0 Å². The molecule has 8 heteroatoms. The lowest BCUT2D eigenvalue weighted by Crippen LogP contribution is -2.40. The number of nitrogens with zero attached hydrogens (tertiary/aromatic N) is 2. The van der Waals surface area contributed by atoms with Gasteiger partial charge in [0.2, 0.25) is 0 Å². The fraction of sp³-hybridized carbons (Fsp3) is 0.480. The lowest BCUT2D eigenvalue weighted by Gasteiger charge is -2.29. The molecule has 3 N–H and O–H groups in total. The number of likely N-dealkylation sites (N-methyl/N-ethyl adjacent to an activating group) is 1. The highest BCUT2D eigenvalue weighted by Gasteiger charge is 2.18. The number of aliphatic hydroxyl groups excluding tert-OH is 1. The SMILES string of the molecule is CCNC(=NCC(c1ccccc1)N(CC)CC)NCC(O)c1ccc(OC)c(OC)c1.I. The van der Waals surface area contributed by atoms with Crippen LogP contribution in [0.2, 0.25) is 0 Å². The van der Waals surface area contributed by atoms with E-state index in [1.165, 1.54) is 5.56 Å². The number of halogens is 1. The Kier molecular flexibility index (Phi) is 13.8. The van der Waals surface area contributed by atoms with Crippen molar-refractivity contribution in [2.24, 2.45) is 4.99 Å². The van der Waals surface area contributed by atoms with Crippen LogP contribution < -0.4 is 20.1 Å². The van der Waals surface area contributed by atoms with Crippen molar-refractivity contribution >= 4 is 29.9 Å². The molecule has 0 aromatic heterocycles. The number of benzene rings is 2. The topological polar surface area (TPSA) is 78.4 Å². The van der Waals surface area contributed by atoms with Crippen molar-refractivity contribution in [3.63, 3.8) is 0 Å². The van der Waals surface area contributed by atoms with E-state index in [1.54, 1.807) is 26.4 Å². The molecule has 2 aromatic rings. The van der Waals surface area contributed by atoms with Gasteiger partial charge in [-0.3, -0.25) is 9.89 Å². The van der Waals surface area contributed by atoms with Gasteiger partial charge < -0.3 is 25.2 Å². The van der Waals surface area contributed by atoms with Gasteiger partial charge in [0.1, 0.15) is 0 Å². The Labute approximate surface area is 215 Å². The van der Waals surface area contributed by atoms with E-state index in [-0.39, 0.29) is 30.0 Å². The van der Waals surface area contributed by atoms with Crippen LogP contribution in [0.3, 0.4) is 0 Å². The summed E-state index contributed by atoms with van der Waals surface area (Å²) in [7, 11) is 3.18. The fourth-order valence-corrected chi connectivity index (χ4v) is 3.66. The molecule has 2 atom stereocenters. The van der Waals surface area contributed by atoms with Crippen LogP contribution in [0.5, 0.6) is 11.5 Å². The Morgan fingerprint density at radius 3 is 2.18 bits per heavy atom. The van der Waals surface area contributed by atoms with Gasteiger partial charge in [0, 0.05) is 13.1 Å². The van der Waals surface area contributed by atoms with Gasteiger partial charge in [-0.25, -0.2) is 0 Å². The van der Waals surface area contributed by atoms with Crippen LogP contribution in [0.15, 0.2) is 53.5 Å². The summed E-state index contributed by atoms with van der Waals surface area (Å²) in [5.74, 6) is 1.91. The molecule has 2 unspecified atom stereocenters. The maximum atomic E-state index is 10.7. The van der Waals surface area contributed by atoms with Gasteiger partial charge in [-0.15, -0.1) is 24.0 Å². The van der Waals surface area contributed by atoms with Gasteiger partial charge in [0.05, 0.1) is 32.9 Å². The minimum absolute atomic E-state index is 0. The van der Waals surface area contributed by atoms with Crippen molar-refractivity contribution in [1.82, 2.24) is 15.5 Å². The predicted octanol–water partition coefficient (Wildman–Crippen LogP) is 3.99. The zero-order chi connectivity index (χ0) is 23.3. The number of hydrogen-bond donors (Lipinski definition) is 3.